The Hall–Kier alpha value is -1.41. The molecule has 1 heterocycles. The number of nitrogens with zero attached hydrogens (tertiary/aromatic N) is 1. The number of benzene rings is 1. The first kappa shape index (κ1) is 15.0. The molecule has 0 saturated carbocycles. The van der Waals surface area contributed by atoms with E-state index in [1.165, 1.54) is 6.20 Å². The number of halogens is 1. The predicted molar refractivity (Wildman–Crippen MR) is 76.7 cm³/mol. The Morgan fingerprint density at radius 3 is 2.65 bits per heavy atom. The van der Waals surface area contributed by atoms with E-state index >= 15 is 0 Å². The summed E-state index contributed by atoms with van der Waals surface area (Å²) in [7, 11) is -3.70. The van der Waals surface area contributed by atoms with E-state index in [0.29, 0.717) is 10.6 Å². The molecule has 4 N–H and O–H groups in total. The quantitative estimate of drug-likeness (QED) is 0.779. The zero-order chi connectivity index (χ0) is 14.8. The van der Waals surface area contributed by atoms with Gasteiger partial charge in [-0.05, 0) is 24.6 Å². The molecule has 0 radical (unpaired) electrons. The van der Waals surface area contributed by atoms with Gasteiger partial charge in [0.1, 0.15) is 0 Å². The van der Waals surface area contributed by atoms with Gasteiger partial charge in [0, 0.05) is 23.2 Å². The van der Waals surface area contributed by atoms with Crippen LogP contribution in [0.25, 0.3) is 0 Å². The summed E-state index contributed by atoms with van der Waals surface area (Å²) in [6, 6.07) is 6.57. The van der Waals surface area contributed by atoms with Crippen molar-refractivity contribution in [1.82, 2.24) is 14.9 Å². The van der Waals surface area contributed by atoms with Gasteiger partial charge in [0.25, 0.3) is 10.0 Å². The van der Waals surface area contributed by atoms with Gasteiger partial charge in [-0.15, -0.1) is 0 Å². The van der Waals surface area contributed by atoms with Crippen LogP contribution < -0.4 is 10.5 Å². The van der Waals surface area contributed by atoms with Crippen LogP contribution in [0.5, 0.6) is 0 Å². The molecule has 0 aliphatic rings. The Balaban J connectivity index is 2.22. The molecule has 1 unspecified atom stereocenters. The molecule has 0 spiro atoms. The molecular weight excluding hydrogens is 300 g/mol. The maximum absolute atomic E-state index is 12.3. The Morgan fingerprint density at radius 1 is 1.40 bits per heavy atom. The van der Waals surface area contributed by atoms with Crippen LogP contribution in [0, 0.1) is 0 Å². The predicted octanol–water partition coefficient (Wildman–Crippen LogP) is 1.56. The molecule has 0 aliphatic heterocycles. The Morgan fingerprint density at radius 2 is 2.05 bits per heavy atom. The summed E-state index contributed by atoms with van der Waals surface area (Å²) < 4.78 is 27.1. The van der Waals surface area contributed by atoms with Crippen LogP contribution in [0.2, 0.25) is 5.02 Å². The van der Waals surface area contributed by atoms with Crippen LogP contribution in [0.15, 0.2) is 35.5 Å². The second-order valence-electron chi connectivity index (χ2n) is 4.32. The Kier molecular flexibility index (Phi) is 4.44. The zero-order valence-corrected chi connectivity index (χ0v) is 12.4. The third-order valence-corrected chi connectivity index (χ3v) is 4.68. The molecule has 20 heavy (non-hydrogen) atoms. The molecule has 1 atom stereocenters. The van der Waals surface area contributed by atoms with E-state index in [9.17, 15) is 8.42 Å². The zero-order valence-electron chi connectivity index (χ0n) is 10.8. The largest absolute Gasteiger partial charge is 0.326 e. The number of aromatic amines is 1. The standard InChI is InChI=1S/C12H15ClN4O2S/c1-8(9-2-4-11(13)5-3-9)17-20(18,19)12-10(6-14)7-15-16-12/h2-5,7-8,17H,6,14H2,1H3,(H,15,16). The molecule has 0 fully saturated rings. The summed E-state index contributed by atoms with van der Waals surface area (Å²) in [5.74, 6) is 0. The highest BCUT2D eigenvalue weighted by atomic mass is 35.5. The second-order valence-corrected chi connectivity index (χ2v) is 6.41. The monoisotopic (exact) mass is 314 g/mol. The summed E-state index contributed by atoms with van der Waals surface area (Å²) >= 11 is 5.80. The van der Waals surface area contributed by atoms with Crippen molar-refractivity contribution in [3.05, 3.63) is 46.6 Å². The van der Waals surface area contributed by atoms with E-state index in [0.717, 1.165) is 5.56 Å². The van der Waals surface area contributed by atoms with Crippen LogP contribution in [-0.2, 0) is 16.6 Å². The fourth-order valence-electron chi connectivity index (χ4n) is 1.79. The fraction of sp³-hybridized carbons (Fsp3) is 0.250. The van der Waals surface area contributed by atoms with Gasteiger partial charge in [-0.1, -0.05) is 23.7 Å². The van der Waals surface area contributed by atoms with Crippen molar-refractivity contribution in [3.63, 3.8) is 0 Å². The molecule has 8 heteroatoms. The van der Waals surface area contributed by atoms with Crippen LogP contribution in [0.4, 0.5) is 0 Å². The van der Waals surface area contributed by atoms with Gasteiger partial charge in [-0.3, -0.25) is 5.10 Å². The van der Waals surface area contributed by atoms with Crippen molar-refractivity contribution < 1.29 is 8.42 Å². The molecule has 1 aromatic heterocycles. The summed E-state index contributed by atoms with van der Waals surface area (Å²) in [5.41, 5.74) is 6.74. The summed E-state index contributed by atoms with van der Waals surface area (Å²) in [4.78, 5) is 0. The van der Waals surface area contributed by atoms with Gasteiger partial charge in [0.05, 0.1) is 6.20 Å². The van der Waals surface area contributed by atoms with Gasteiger partial charge in [-0.25, -0.2) is 13.1 Å². The molecule has 108 valence electrons. The van der Waals surface area contributed by atoms with Crippen LogP contribution in [0.1, 0.15) is 24.1 Å². The average Bonchev–Trinajstić information content (AvgIpc) is 2.88. The lowest BCUT2D eigenvalue weighted by atomic mass is 10.1. The molecular formula is C12H15ClN4O2S. The highest BCUT2D eigenvalue weighted by Crippen LogP contribution is 2.19. The molecule has 2 aromatic rings. The highest BCUT2D eigenvalue weighted by Gasteiger charge is 2.22. The first-order valence-electron chi connectivity index (χ1n) is 5.94. The topological polar surface area (TPSA) is 101 Å². The van der Waals surface area contributed by atoms with E-state index in [1.54, 1.807) is 31.2 Å². The van der Waals surface area contributed by atoms with E-state index in [4.69, 9.17) is 17.3 Å². The van der Waals surface area contributed by atoms with Crippen LogP contribution in [-0.4, -0.2) is 18.6 Å². The summed E-state index contributed by atoms with van der Waals surface area (Å²) in [5, 5.41) is 6.77. The summed E-state index contributed by atoms with van der Waals surface area (Å²) in [6.07, 6.45) is 1.40. The second kappa shape index (κ2) is 5.92. The highest BCUT2D eigenvalue weighted by molar-refractivity contribution is 7.89. The molecule has 2 rings (SSSR count). The number of hydrogen-bond donors (Lipinski definition) is 3. The van der Waals surface area contributed by atoms with Crippen LogP contribution >= 0.6 is 11.6 Å². The molecule has 0 aliphatic carbocycles. The van der Waals surface area contributed by atoms with Gasteiger partial charge < -0.3 is 5.73 Å². The summed E-state index contributed by atoms with van der Waals surface area (Å²) in [6.45, 7) is 1.85. The van der Waals surface area contributed by atoms with Gasteiger partial charge in [-0.2, -0.15) is 5.10 Å². The lowest BCUT2D eigenvalue weighted by Crippen LogP contribution is -2.28. The minimum Gasteiger partial charge on any atom is -0.326 e. The number of nitrogens with one attached hydrogen (secondary N) is 2. The van der Waals surface area contributed by atoms with Crippen molar-refractivity contribution in [2.75, 3.05) is 0 Å². The first-order chi connectivity index (χ1) is 9.44. The SMILES string of the molecule is CC(NS(=O)(=O)c1[nH]ncc1CN)c1ccc(Cl)cc1. The third-order valence-electron chi connectivity index (χ3n) is 2.87. The van der Waals surface area contributed by atoms with Crippen molar-refractivity contribution in [1.29, 1.82) is 0 Å². The fourth-order valence-corrected chi connectivity index (χ4v) is 3.29. The molecule has 1 aromatic carbocycles. The lowest BCUT2D eigenvalue weighted by Gasteiger charge is -2.14. The Bertz CT molecular complexity index is 682. The molecule has 6 nitrogen and oxygen atoms in total. The normalized spacial score (nSPS) is 13.3. The van der Waals surface area contributed by atoms with Gasteiger partial charge in [0.2, 0.25) is 0 Å². The maximum atomic E-state index is 12.3. The van der Waals surface area contributed by atoms with Crippen molar-refractivity contribution in [2.24, 2.45) is 5.73 Å². The van der Waals surface area contributed by atoms with Crippen molar-refractivity contribution >= 4 is 21.6 Å². The minimum absolute atomic E-state index is 0.000753. The lowest BCUT2D eigenvalue weighted by molar-refractivity contribution is 0.561. The number of sulfonamides is 1. The molecule has 0 amide bonds. The number of aromatic nitrogens is 2. The van der Waals surface area contributed by atoms with E-state index in [2.05, 4.69) is 14.9 Å². The minimum atomic E-state index is -3.70. The number of hydrogen-bond acceptors (Lipinski definition) is 4. The third kappa shape index (κ3) is 3.18. The average molecular weight is 315 g/mol. The van der Waals surface area contributed by atoms with E-state index in [-0.39, 0.29) is 11.6 Å². The van der Waals surface area contributed by atoms with Crippen molar-refractivity contribution in [3.8, 4) is 0 Å². The number of H-pyrrole nitrogens is 1. The molecule has 0 saturated heterocycles. The molecule has 0 bridgehead atoms. The van der Waals surface area contributed by atoms with Crippen molar-refractivity contribution in [2.45, 2.75) is 24.5 Å². The van der Waals surface area contributed by atoms with E-state index in [1.807, 2.05) is 0 Å². The smallest absolute Gasteiger partial charge is 0.258 e. The number of rotatable bonds is 5. The van der Waals surface area contributed by atoms with Gasteiger partial charge >= 0.3 is 0 Å². The maximum Gasteiger partial charge on any atom is 0.258 e. The van der Waals surface area contributed by atoms with Gasteiger partial charge in [0.15, 0.2) is 5.03 Å². The number of nitrogens with two attached hydrogens (primary N) is 1. The first-order valence-corrected chi connectivity index (χ1v) is 7.80. The Labute approximate surface area is 122 Å². The van der Waals surface area contributed by atoms with E-state index < -0.39 is 16.1 Å². The van der Waals surface area contributed by atoms with Crippen LogP contribution in [0.3, 0.4) is 0 Å².